The van der Waals surface area contributed by atoms with Gasteiger partial charge in [0.05, 0.1) is 5.52 Å². The molecule has 1 fully saturated rings. The van der Waals surface area contributed by atoms with Crippen LogP contribution < -0.4 is 15.5 Å². The van der Waals surface area contributed by atoms with Crippen molar-refractivity contribution in [2.45, 2.75) is 39.2 Å². The Hall–Kier alpha value is -3.35. The zero-order chi connectivity index (χ0) is 21.3. The first-order valence-corrected chi connectivity index (χ1v) is 10.3. The van der Waals surface area contributed by atoms with Crippen molar-refractivity contribution < 1.29 is 9.90 Å². The summed E-state index contributed by atoms with van der Waals surface area (Å²) in [4.78, 5) is 22.6. The third-order valence-electron chi connectivity index (χ3n) is 5.43. The van der Waals surface area contributed by atoms with Gasteiger partial charge >= 0.3 is 0 Å². The minimum absolute atomic E-state index is 0.0192. The van der Waals surface area contributed by atoms with Gasteiger partial charge in [-0.05, 0) is 48.7 Å². The van der Waals surface area contributed by atoms with E-state index < -0.39 is 0 Å². The number of nitrogens with zero attached hydrogens (tertiary/aromatic N) is 3. The fraction of sp³-hybridized carbons (Fsp3) is 0.348. The number of aromatic hydroxyl groups is 1. The second-order valence-corrected chi connectivity index (χ2v) is 8.09. The largest absolute Gasteiger partial charge is 0.508 e. The lowest BCUT2D eigenvalue weighted by Crippen LogP contribution is -2.35. The Morgan fingerprint density at radius 1 is 1.20 bits per heavy atom. The van der Waals surface area contributed by atoms with Gasteiger partial charge in [0.25, 0.3) is 0 Å². The Morgan fingerprint density at radius 3 is 2.67 bits per heavy atom. The quantitative estimate of drug-likeness (QED) is 0.596. The molecule has 30 heavy (non-hydrogen) atoms. The third-order valence-corrected chi connectivity index (χ3v) is 5.43. The van der Waals surface area contributed by atoms with Crippen LogP contribution in [-0.2, 0) is 4.79 Å². The van der Waals surface area contributed by atoms with Gasteiger partial charge in [-0.3, -0.25) is 4.79 Å². The number of hydrogen-bond donors (Lipinski definition) is 3. The van der Waals surface area contributed by atoms with E-state index in [1.165, 1.54) is 0 Å². The second kappa shape index (κ2) is 8.18. The molecule has 0 saturated carbocycles. The first-order chi connectivity index (χ1) is 14.4. The number of amides is 1. The molecule has 0 spiro atoms. The average Bonchev–Trinajstić information content (AvgIpc) is 3.15. The molecule has 0 bridgehead atoms. The highest BCUT2D eigenvalue weighted by Crippen LogP contribution is 2.32. The highest BCUT2D eigenvalue weighted by molar-refractivity contribution is 5.85. The third kappa shape index (κ3) is 4.15. The SMILES string of the molecule is CC(=O)NC1CCN(c2ccc(Nc3ncc4ccc(O)c(C(C)C)c4n3)cc2)C1. The molecule has 0 aliphatic carbocycles. The van der Waals surface area contributed by atoms with E-state index >= 15 is 0 Å². The minimum Gasteiger partial charge on any atom is -0.508 e. The highest BCUT2D eigenvalue weighted by atomic mass is 16.3. The van der Waals surface area contributed by atoms with Crippen molar-refractivity contribution in [3.05, 3.63) is 48.2 Å². The summed E-state index contributed by atoms with van der Waals surface area (Å²) in [5.41, 5.74) is 3.61. The van der Waals surface area contributed by atoms with Crippen LogP contribution >= 0.6 is 0 Å². The molecule has 3 aromatic rings. The van der Waals surface area contributed by atoms with E-state index in [-0.39, 0.29) is 23.6 Å². The Kier molecular flexibility index (Phi) is 5.44. The number of phenolic OH excluding ortho intramolecular Hbond substituents is 1. The molecular weight excluding hydrogens is 378 g/mol. The summed E-state index contributed by atoms with van der Waals surface area (Å²) in [5.74, 6) is 0.924. The van der Waals surface area contributed by atoms with Crippen LogP contribution in [0.15, 0.2) is 42.6 Å². The zero-order valence-electron chi connectivity index (χ0n) is 17.5. The van der Waals surface area contributed by atoms with Crippen molar-refractivity contribution in [1.82, 2.24) is 15.3 Å². The maximum Gasteiger partial charge on any atom is 0.227 e. The van der Waals surface area contributed by atoms with Crippen molar-refractivity contribution in [2.75, 3.05) is 23.3 Å². The lowest BCUT2D eigenvalue weighted by atomic mass is 9.99. The monoisotopic (exact) mass is 405 g/mol. The van der Waals surface area contributed by atoms with Crippen molar-refractivity contribution in [2.24, 2.45) is 0 Å². The number of nitrogens with one attached hydrogen (secondary N) is 2. The molecule has 2 heterocycles. The molecule has 7 nitrogen and oxygen atoms in total. The van der Waals surface area contributed by atoms with Crippen LogP contribution in [-0.4, -0.2) is 40.1 Å². The number of rotatable bonds is 5. The van der Waals surface area contributed by atoms with Crippen LogP contribution in [0, 0.1) is 0 Å². The topological polar surface area (TPSA) is 90.4 Å². The molecule has 4 rings (SSSR count). The predicted octanol–water partition coefficient (Wildman–Crippen LogP) is 3.92. The van der Waals surface area contributed by atoms with Gasteiger partial charge in [0.2, 0.25) is 11.9 Å². The molecule has 1 amide bonds. The Labute approximate surface area is 176 Å². The number of benzene rings is 2. The number of anilines is 3. The number of carbonyl (C=O) groups is 1. The van der Waals surface area contributed by atoms with Gasteiger partial charge < -0.3 is 20.6 Å². The summed E-state index contributed by atoms with van der Waals surface area (Å²) in [6, 6.07) is 11.9. The van der Waals surface area contributed by atoms with E-state index in [4.69, 9.17) is 0 Å². The molecule has 1 aromatic heterocycles. The van der Waals surface area contributed by atoms with Gasteiger partial charge in [-0.1, -0.05) is 13.8 Å². The average molecular weight is 406 g/mol. The minimum atomic E-state index is 0.0192. The normalized spacial score (nSPS) is 16.3. The van der Waals surface area contributed by atoms with Crippen LogP contribution in [0.3, 0.4) is 0 Å². The molecule has 0 radical (unpaired) electrons. The molecule has 3 N–H and O–H groups in total. The standard InChI is InChI=1S/C23H27N5O2/c1-14(2)21-20(30)9-4-16-12-24-23(27-22(16)21)26-17-5-7-19(8-6-17)28-11-10-18(13-28)25-15(3)29/h4-9,12,14,18,30H,10-11,13H2,1-3H3,(H,25,29)(H,24,26,27). The van der Waals surface area contributed by atoms with Gasteiger partial charge in [-0.15, -0.1) is 0 Å². The van der Waals surface area contributed by atoms with Gasteiger partial charge in [0.15, 0.2) is 0 Å². The summed E-state index contributed by atoms with van der Waals surface area (Å²) >= 11 is 0. The maximum atomic E-state index is 11.3. The van der Waals surface area contributed by atoms with E-state index in [1.54, 1.807) is 19.2 Å². The molecular formula is C23H27N5O2. The van der Waals surface area contributed by atoms with Gasteiger partial charge in [-0.25, -0.2) is 9.97 Å². The number of carbonyl (C=O) groups excluding carboxylic acids is 1. The summed E-state index contributed by atoms with van der Waals surface area (Å²) < 4.78 is 0. The van der Waals surface area contributed by atoms with Crippen molar-refractivity contribution >= 4 is 34.1 Å². The van der Waals surface area contributed by atoms with Crippen LogP contribution in [0.25, 0.3) is 10.9 Å². The maximum absolute atomic E-state index is 11.3. The smallest absolute Gasteiger partial charge is 0.227 e. The Balaban J connectivity index is 1.50. The van der Waals surface area contributed by atoms with Crippen molar-refractivity contribution in [3.8, 4) is 5.75 Å². The predicted molar refractivity (Wildman–Crippen MR) is 119 cm³/mol. The number of fused-ring (bicyclic) bond motifs is 1. The van der Waals surface area contributed by atoms with E-state index in [9.17, 15) is 9.90 Å². The number of hydrogen-bond acceptors (Lipinski definition) is 6. The van der Waals surface area contributed by atoms with E-state index in [0.717, 1.165) is 47.4 Å². The zero-order valence-corrected chi connectivity index (χ0v) is 17.5. The van der Waals surface area contributed by atoms with E-state index in [1.807, 2.05) is 32.0 Å². The highest BCUT2D eigenvalue weighted by Gasteiger charge is 2.23. The molecule has 1 unspecified atom stereocenters. The van der Waals surface area contributed by atoms with Crippen LogP contribution in [0.1, 0.15) is 38.7 Å². The lowest BCUT2D eigenvalue weighted by molar-refractivity contribution is -0.119. The second-order valence-electron chi connectivity index (χ2n) is 8.09. The Morgan fingerprint density at radius 2 is 1.97 bits per heavy atom. The van der Waals surface area contributed by atoms with Crippen molar-refractivity contribution in [1.29, 1.82) is 0 Å². The first kappa shape index (κ1) is 19.9. The van der Waals surface area contributed by atoms with Crippen LogP contribution in [0.2, 0.25) is 0 Å². The molecule has 2 aromatic carbocycles. The summed E-state index contributed by atoms with van der Waals surface area (Å²) in [6.45, 7) is 7.38. The number of aromatic nitrogens is 2. The fourth-order valence-corrected chi connectivity index (χ4v) is 4.02. The Bertz CT molecular complexity index is 1070. The first-order valence-electron chi connectivity index (χ1n) is 10.3. The molecule has 1 saturated heterocycles. The van der Waals surface area contributed by atoms with Crippen molar-refractivity contribution in [3.63, 3.8) is 0 Å². The molecule has 7 heteroatoms. The van der Waals surface area contributed by atoms with Gasteiger partial charge in [0.1, 0.15) is 5.75 Å². The van der Waals surface area contributed by atoms with Crippen LogP contribution in [0.5, 0.6) is 5.75 Å². The summed E-state index contributed by atoms with van der Waals surface area (Å²) in [6.07, 6.45) is 2.73. The summed E-state index contributed by atoms with van der Waals surface area (Å²) in [5, 5.41) is 17.4. The fourth-order valence-electron chi connectivity index (χ4n) is 4.02. The van der Waals surface area contributed by atoms with E-state index in [2.05, 4.69) is 37.6 Å². The van der Waals surface area contributed by atoms with Gasteiger partial charge in [-0.2, -0.15) is 0 Å². The van der Waals surface area contributed by atoms with Crippen LogP contribution in [0.4, 0.5) is 17.3 Å². The van der Waals surface area contributed by atoms with E-state index in [0.29, 0.717) is 5.95 Å². The molecule has 1 aliphatic rings. The lowest BCUT2D eigenvalue weighted by Gasteiger charge is -2.19. The molecule has 1 atom stereocenters. The molecule has 156 valence electrons. The van der Waals surface area contributed by atoms with Gasteiger partial charge in [0, 0.05) is 54.6 Å². The summed E-state index contributed by atoms with van der Waals surface area (Å²) in [7, 11) is 0. The molecule has 1 aliphatic heterocycles. The number of phenols is 1.